The number of nitrogens with one attached hydrogen (secondary N) is 2. The van der Waals surface area contributed by atoms with Crippen LogP contribution in [0.3, 0.4) is 0 Å². The summed E-state index contributed by atoms with van der Waals surface area (Å²) in [6.45, 7) is 8.10. The zero-order valence-corrected chi connectivity index (χ0v) is 22.2. The Morgan fingerprint density at radius 3 is 2.61 bits per heavy atom. The third-order valence-corrected chi connectivity index (χ3v) is 6.62. The molecule has 1 aliphatic heterocycles. The van der Waals surface area contributed by atoms with Gasteiger partial charge >= 0.3 is 0 Å². The van der Waals surface area contributed by atoms with Crippen molar-refractivity contribution in [2.24, 2.45) is 0 Å². The highest BCUT2D eigenvalue weighted by Crippen LogP contribution is 2.33. The van der Waals surface area contributed by atoms with Gasteiger partial charge in [-0.15, -0.1) is 0 Å². The predicted molar refractivity (Wildman–Crippen MR) is 143 cm³/mol. The molecule has 8 nitrogen and oxygen atoms in total. The highest BCUT2D eigenvalue weighted by molar-refractivity contribution is 9.10. The molecule has 3 aromatic rings. The van der Waals surface area contributed by atoms with Gasteiger partial charge in [-0.25, -0.2) is 4.98 Å². The molecule has 1 saturated heterocycles. The van der Waals surface area contributed by atoms with Crippen molar-refractivity contribution < 1.29 is 9.53 Å². The summed E-state index contributed by atoms with van der Waals surface area (Å²) in [5.41, 5.74) is 4.36. The molecule has 0 radical (unpaired) electrons. The monoisotopic (exact) mass is 548 g/mol. The SMILES string of the molecule is CC(=O)Nc1cccc(CN2CCC(Nc3ncc(Br)c(Oc4c(C)cc(C#N)cc4C)n3)CC2)c1. The molecule has 0 bridgehead atoms. The smallest absolute Gasteiger partial charge is 0.238 e. The average Bonchev–Trinajstić information content (AvgIpc) is 2.84. The number of likely N-dealkylation sites (tertiary alicyclic amines) is 1. The van der Waals surface area contributed by atoms with E-state index >= 15 is 0 Å². The fourth-order valence-corrected chi connectivity index (χ4v) is 4.66. The molecular weight excluding hydrogens is 520 g/mol. The zero-order chi connectivity index (χ0) is 25.7. The molecule has 4 rings (SSSR count). The lowest BCUT2D eigenvalue weighted by atomic mass is 10.0. The van der Waals surface area contributed by atoms with E-state index < -0.39 is 0 Å². The molecule has 1 amide bonds. The van der Waals surface area contributed by atoms with E-state index in [0.29, 0.717) is 27.6 Å². The highest BCUT2D eigenvalue weighted by Gasteiger charge is 2.21. The van der Waals surface area contributed by atoms with Gasteiger partial charge in [0, 0.05) is 38.3 Å². The van der Waals surface area contributed by atoms with Gasteiger partial charge in [0.25, 0.3) is 0 Å². The number of carbonyl (C=O) groups excluding carboxylic acids is 1. The normalized spacial score (nSPS) is 14.2. The Morgan fingerprint density at radius 1 is 1.22 bits per heavy atom. The lowest BCUT2D eigenvalue weighted by Crippen LogP contribution is -2.39. The van der Waals surface area contributed by atoms with Gasteiger partial charge in [0.2, 0.25) is 17.7 Å². The van der Waals surface area contributed by atoms with Crippen molar-refractivity contribution in [3.63, 3.8) is 0 Å². The zero-order valence-electron chi connectivity index (χ0n) is 20.6. The number of hydrogen-bond donors (Lipinski definition) is 2. The summed E-state index contributed by atoms with van der Waals surface area (Å²) < 4.78 is 6.80. The molecular formula is C27H29BrN6O2. The van der Waals surface area contributed by atoms with Crippen molar-refractivity contribution in [1.29, 1.82) is 5.26 Å². The van der Waals surface area contributed by atoms with Crippen molar-refractivity contribution in [3.8, 4) is 17.7 Å². The Morgan fingerprint density at radius 2 is 1.94 bits per heavy atom. The molecule has 1 aromatic heterocycles. The van der Waals surface area contributed by atoms with Crippen molar-refractivity contribution in [3.05, 3.63) is 69.3 Å². The summed E-state index contributed by atoms with van der Waals surface area (Å²) in [5, 5.41) is 15.5. The molecule has 186 valence electrons. The second-order valence-electron chi connectivity index (χ2n) is 9.08. The maximum absolute atomic E-state index is 11.3. The maximum atomic E-state index is 11.3. The third-order valence-electron chi connectivity index (χ3n) is 6.07. The van der Waals surface area contributed by atoms with Crippen LogP contribution in [0.1, 0.15) is 42.0 Å². The number of hydrogen-bond acceptors (Lipinski definition) is 7. The highest BCUT2D eigenvalue weighted by atomic mass is 79.9. The molecule has 2 aromatic carbocycles. The van der Waals surface area contributed by atoms with E-state index in [-0.39, 0.29) is 11.9 Å². The van der Waals surface area contributed by atoms with Crippen molar-refractivity contribution in [2.75, 3.05) is 23.7 Å². The van der Waals surface area contributed by atoms with Crippen LogP contribution in [0.5, 0.6) is 11.6 Å². The van der Waals surface area contributed by atoms with Gasteiger partial charge in [0.1, 0.15) is 5.75 Å². The van der Waals surface area contributed by atoms with Crippen LogP contribution in [-0.4, -0.2) is 39.9 Å². The van der Waals surface area contributed by atoms with Crippen molar-refractivity contribution >= 4 is 33.5 Å². The Balaban J connectivity index is 1.35. The minimum absolute atomic E-state index is 0.0649. The number of nitrogens with zero attached hydrogens (tertiary/aromatic N) is 4. The number of piperidine rings is 1. The van der Waals surface area contributed by atoms with Crippen LogP contribution in [0, 0.1) is 25.2 Å². The summed E-state index contributed by atoms with van der Waals surface area (Å²) in [5.74, 6) is 1.58. The second-order valence-corrected chi connectivity index (χ2v) is 9.93. The van der Waals surface area contributed by atoms with Gasteiger partial charge < -0.3 is 15.4 Å². The number of aryl methyl sites for hydroxylation is 2. The van der Waals surface area contributed by atoms with E-state index in [1.807, 2.05) is 32.0 Å². The van der Waals surface area contributed by atoms with Gasteiger partial charge in [-0.3, -0.25) is 9.69 Å². The molecule has 0 aliphatic carbocycles. The minimum Gasteiger partial charge on any atom is -0.437 e. The molecule has 36 heavy (non-hydrogen) atoms. The first-order valence-corrected chi connectivity index (χ1v) is 12.7. The summed E-state index contributed by atoms with van der Waals surface area (Å²) in [4.78, 5) is 22.8. The lowest BCUT2D eigenvalue weighted by Gasteiger charge is -2.32. The number of aromatic nitrogens is 2. The van der Waals surface area contributed by atoms with Crippen LogP contribution in [0.4, 0.5) is 11.6 Å². The molecule has 1 aliphatic rings. The van der Waals surface area contributed by atoms with Crippen LogP contribution in [0.2, 0.25) is 0 Å². The van der Waals surface area contributed by atoms with Crippen LogP contribution in [0.25, 0.3) is 0 Å². The van der Waals surface area contributed by atoms with Crippen LogP contribution >= 0.6 is 15.9 Å². The van der Waals surface area contributed by atoms with E-state index in [1.54, 1.807) is 18.3 Å². The first-order chi connectivity index (χ1) is 17.3. The molecule has 2 N–H and O–H groups in total. The van der Waals surface area contributed by atoms with Crippen LogP contribution in [-0.2, 0) is 11.3 Å². The number of nitriles is 1. The van der Waals surface area contributed by atoms with Crippen LogP contribution < -0.4 is 15.4 Å². The van der Waals surface area contributed by atoms with Gasteiger partial charge in [0.15, 0.2) is 0 Å². The fourth-order valence-electron chi connectivity index (χ4n) is 4.39. The topological polar surface area (TPSA) is 103 Å². The Hall–Kier alpha value is -3.48. The van der Waals surface area contributed by atoms with E-state index in [4.69, 9.17) is 4.74 Å². The number of ether oxygens (including phenoxy) is 1. The van der Waals surface area contributed by atoms with E-state index in [2.05, 4.69) is 53.6 Å². The average molecular weight is 549 g/mol. The molecule has 1 fully saturated rings. The third kappa shape index (κ3) is 6.59. The number of rotatable bonds is 7. The predicted octanol–water partition coefficient (Wildman–Crippen LogP) is 5.55. The van der Waals surface area contributed by atoms with Gasteiger partial charge in [-0.05, 0) is 83.6 Å². The summed E-state index contributed by atoms with van der Waals surface area (Å²) in [6.07, 6.45) is 3.62. The molecule has 0 atom stereocenters. The fraction of sp³-hybridized carbons (Fsp3) is 0.333. The molecule has 0 unspecified atom stereocenters. The minimum atomic E-state index is -0.0649. The Kier molecular flexibility index (Phi) is 8.18. The summed E-state index contributed by atoms with van der Waals surface area (Å²) >= 11 is 3.49. The number of halogens is 1. The Labute approximate surface area is 219 Å². The second kappa shape index (κ2) is 11.5. The number of carbonyl (C=O) groups is 1. The van der Waals surface area contributed by atoms with Gasteiger partial charge in [-0.2, -0.15) is 10.2 Å². The quantitative estimate of drug-likeness (QED) is 0.398. The number of anilines is 2. The van der Waals surface area contributed by atoms with Gasteiger partial charge in [-0.1, -0.05) is 12.1 Å². The summed E-state index contributed by atoms with van der Waals surface area (Å²) in [7, 11) is 0. The van der Waals surface area contributed by atoms with E-state index in [0.717, 1.165) is 49.3 Å². The molecule has 9 heteroatoms. The van der Waals surface area contributed by atoms with Crippen LogP contribution in [0.15, 0.2) is 47.1 Å². The molecule has 0 saturated carbocycles. The summed E-state index contributed by atoms with van der Waals surface area (Å²) in [6, 6.07) is 14.0. The largest absolute Gasteiger partial charge is 0.437 e. The maximum Gasteiger partial charge on any atom is 0.238 e. The number of benzene rings is 2. The van der Waals surface area contributed by atoms with E-state index in [9.17, 15) is 10.1 Å². The molecule has 2 heterocycles. The lowest BCUT2D eigenvalue weighted by molar-refractivity contribution is -0.114. The standard InChI is InChI=1S/C27H29BrN6O2/c1-17-11-21(14-29)12-18(2)25(17)36-26-24(28)15-30-27(33-26)32-22-7-9-34(10-8-22)16-20-5-4-6-23(13-20)31-19(3)35/h4-6,11-13,15,22H,7-10,16H2,1-3H3,(H,31,35)(H,30,32,33). The first-order valence-electron chi connectivity index (χ1n) is 11.9. The van der Waals surface area contributed by atoms with E-state index in [1.165, 1.54) is 12.5 Å². The number of amides is 1. The first kappa shape index (κ1) is 25.6. The van der Waals surface area contributed by atoms with Crippen molar-refractivity contribution in [2.45, 2.75) is 46.2 Å². The van der Waals surface area contributed by atoms with Crippen molar-refractivity contribution in [1.82, 2.24) is 14.9 Å². The van der Waals surface area contributed by atoms with Gasteiger partial charge in [0.05, 0.1) is 22.3 Å². The molecule has 0 spiro atoms. The Bertz CT molecular complexity index is 1270.